The second-order valence-electron chi connectivity index (χ2n) is 6.39. The number of likely N-dealkylation sites (tertiary alicyclic amines) is 1. The van der Waals surface area contributed by atoms with Crippen molar-refractivity contribution < 1.29 is 9.59 Å². The van der Waals surface area contributed by atoms with Crippen molar-refractivity contribution in [2.24, 2.45) is 5.92 Å². The zero-order valence-electron chi connectivity index (χ0n) is 14.2. The molecule has 0 aromatic heterocycles. The van der Waals surface area contributed by atoms with Gasteiger partial charge in [0.05, 0.1) is 5.56 Å². The first-order chi connectivity index (χ1) is 11.3. The number of amides is 2. The zero-order valence-corrected chi connectivity index (χ0v) is 15.7. The molecule has 7 heteroatoms. The van der Waals surface area contributed by atoms with Gasteiger partial charge in [-0.2, -0.15) is 0 Å². The molecule has 1 saturated heterocycles. The normalized spacial score (nSPS) is 15.5. The lowest BCUT2D eigenvalue weighted by molar-refractivity contribution is -0.114. The topological polar surface area (TPSA) is 52.7 Å². The SMILES string of the molecule is CC1CCN(C(=O)c2cc(NC(=O)C(Cl)Cl)ccc2N(C)C)CC1. The molecule has 1 heterocycles. The maximum Gasteiger partial charge on any atom is 0.257 e. The molecule has 2 rings (SSSR count). The summed E-state index contributed by atoms with van der Waals surface area (Å²) in [5.74, 6) is 0.119. The monoisotopic (exact) mass is 371 g/mol. The number of carbonyl (C=O) groups excluding carboxylic acids is 2. The number of anilines is 2. The first kappa shape index (κ1) is 18.9. The van der Waals surface area contributed by atoms with Crippen LogP contribution in [0.2, 0.25) is 0 Å². The van der Waals surface area contributed by atoms with Gasteiger partial charge < -0.3 is 15.1 Å². The molecule has 0 saturated carbocycles. The molecule has 24 heavy (non-hydrogen) atoms. The average molecular weight is 372 g/mol. The molecule has 0 spiro atoms. The summed E-state index contributed by atoms with van der Waals surface area (Å²) >= 11 is 11.1. The highest BCUT2D eigenvalue weighted by Crippen LogP contribution is 2.27. The van der Waals surface area contributed by atoms with Crippen LogP contribution in [0.3, 0.4) is 0 Å². The summed E-state index contributed by atoms with van der Waals surface area (Å²) in [4.78, 5) is 27.2. The van der Waals surface area contributed by atoms with Gasteiger partial charge in [0.15, 0.2) is 4.84 Å². The van der Waals surface area contributed by atoms with Crippen LogP contribution in [-0.2, 0) is 4.79 Å². The second-order valence-corrected chi connectivity index (χ2v) is 7.49. The van der Waals surface area contributed by atoms with E-state index in [9.17, 15) is 9.59 Å². The highest BCUT2D eigenvalue weighted by Gasteiger charge is 2.24. The van der Waals surface area contributed by atoms with Crippen molar-refractivity contribution in [1.82, 2.24) is 4.90 Å². The number of carbonyl (C=O) groups is 2. The average Bonchev–Trinajstić information content (AvgIpc) is 2.54. The Bertz CT molecular complexity index is 612. The van der Waals surface area contributed by atoms with Crippen molar-refractivity contribution in [3.63, 3.8) is 0 Å². The lowest BCUT2D eigenvalue weighted by Gasteiger charge is -2.31. The molecule has 0 atom stereocenters. The number of nitrogens with one attached hydrogen (secondary N) is 1. The van der Waals surface area contributed by atoms with E-state index in [-0.39, 0.29) is 5.91 Å². The molecule has 0 radical (unpaired) electrons. The standard InChI is InChI=1S/C17H23Cl2N3O2/c1-11-6-8-22(9-7-11)17(24)13-10-12(20-16(23)15(18)19)4-5-14(13)21(2)3/h4-5,10-11,15H,6-9H2,1-3H3,(H,20,23). The third-order valence-corrected chi connectivity index (χ3v) is 4.64. The summed E-state index contributed by atoms with van der Waals surface area (Å²) in [6.07, 6.45) is 2.03. The van der Waals surface area contributed by atoms with Gasteiger partial charge in [-0.05, 0) is 37.0 Å². The quantitative estimate of drug-likeness (QED) is 0.825. The molecule has 2 amide bonds. The second kappa shape index (κ2) is 8.08. The van der Waals surface area contributed by atoms with E-state index < -0.39 is 10.7 Å². The summed E-state index contributed by atoms with van der Waals surface area (Å²) in [7, 11) is 3.77. The highest BCUT2D eigenvalue weighted by atomic mass is 35.5. The maximum atomic E-state index is 12.9. The molecular formula is C17H23Cl2N3O2. The summed E-state index contributed by atoms with van der Waals surface area (Å²) in [5, 5.41) is 2.62. The first-order valence-electron chi connectivity index (χ1n) is 7.99. The van der Waals surface area contributed by atoms with Gasteiger partial charge in [0.1, 0.15) is 0 Å². The molecule has 5 nitrogen and oxygen atoms in total. The minimum absolute atomic E-state index is 0.0185. The Hall–Kier alpha value is -1.46. The molecule has 0 bridgehead atoms. The van der Waals surface area contributed by atoms with E-state index in [2.05, 4.69) is 12.2 Å². The Balaban J connectivity index is 2.27. The Morgan fingerprint density at radius 2 is 1.88 bits per heavy atom. The van der Waals surface area contributed by atoms with Crippen molar-refractivity contribution in [2.75, 3.05) is 37.4 Å². The van der Waals surface area contributed by atoms with Crippen LogP contribution in [-0.4, -0.2) is 48.7 Å². The van der Waals surface area contributed by atoms with Crippen molar-refractivity contribution in [3.8, 4) is 0 Å². The van der Waals surface area contributed by atoms with Crippen LogP contribution in [0, 0.1) is 5.92 Å². The van der Waals surface area contributed by atoms with Crippen LogP contribution in [0.25, 0.3) is 0 Å². The molecule has 132 valence electrons. The fourth-order valence-corrected chi connectivity index (χ4v) is 2.86. The van der Waals surface area contributed by atoms with Gasteiger partial charge >= 0.3 is 0 Å². The van der Waals surface area contributed by atoms with Gasteiger partial charge in [-0.25, -0.2) is 0 Å². The first-order valence-corrected chi connectivity index (χ1v) is 8.86. The van der Waals surface area contributed by atoms with Crippen molar-refractivity contribution in [1.29, 1.82) is 0 Å². The molecule has 0 unspecified atom stereocenters. The van der Waals surface area contributed by atoms with E-state index >= 15 is 0 Å². The van der Waals surface area contributed by atoms with E-state index in [4.69, 9.17) is 23.2 Å². The predicted octanol–water partition coefficient (Wildman–Crippen LogP) is 3.37. The molecule has 0 aliphatic carbocycles. The largest absolute Gasteiger partial charge is 0.377 e. The maximum absolute atomic E-state index is 12.9. The van der Waals surface area contributed by atoms with Crippen LogP contribution in [0.5, 0.6) is 0 Å². The number of halogens is 2. The van der Waals surface area contributed by atoms with E-state index in [1.165, 1.54) is 0 Å². The van der Waals surface area contributed by atoms with Gasteiger partial charge in [-0.1, -0.05) is 30.1 Å². The number of piperidine rings is 1. The lowest BCUT2D eigenvalue weighted by Crippen LogP contribution is -2.38. The lowest BCUT2D eigenvalue weighted by atomic mass is 9.98. The molecule has 1 aromatic carbocycles. The molecule has 1 N–H and O–H groups in total. The Morgan fingerprint density at radius 1 is 1.25 bits per heavy atom. The summed E-state index contributed by atoms with van der Waals surface area (Å²) in [5.41, 5.74) is 1.88. The molecule has 1 aliphatic rings. The molecule has 1 aromatic rings. The Labute approximate surface area is 152 Å². The fraction of sp³-hybridized carbons (Fsp3) is 0.529. The number of nitrogens with zero attached hydrogens (tertiary/aromatic N) is 2. The van der Waals surface area contributed by atoms with E-state index in [0.717, 1.165) is 31.6 Å². The van der Waals surface area contributed by atoms with Crippen LogP contribution in [0.15, 0.2) is 18.2 Å². The number of benzene rings is 1. The number of rotatable bonds is 4. The minimum atomic E-state index is -1.15. The van der Waals surface area contributed by atoms with Gasteiger partial charge in [0.25, 0.3) is 11.8 Å². The Morgan fingerprint density at radius 3 is 2.42 bits per heavy atom. The number of hydrogen-bond acceptors (Lipinski definition) is 3. The molecule has 1 aliphatic heterocycles. The minimum Gasteiger partial charge on any atom is -0.377 e. The smallest absolute Gasteiger partial charge is 0.257 e. The molecular weight excluding hydrogens is 349 g/mol. The summed E-state index contributed by atoms with van der Waals surface area (Å²) in [6, 6.07) is 5.23. The van der Waals surface area contributed by atoms with Crippen LogP contribution in [0.4, 0.5) is 11.4 Å². The third-order valence-electron chi connectivity index (χ3n) is 4.25. The van der Waals surface area contributed by atoms with Gasteiger partial charge in [0, 0.05) is 38.6 Å². The van der Waals surface area contributed by atoms with E-state index in [1.54, 1.807) is 12.1 Å². The van der Waals surface area contributed by atoms with Gasteiger partial charge in [-0.15, -0.1) is 0 Å². The summed E-state index contributed by atoms with van der Waals surface area (Å²) < 4.78 is 0. The number of alkyl halides is 2. The van der Waals surface area contributed by atoms with Crippen molar-refractivity contribution in [2.45, 2.75) is 24.6 Å². The summed E-state index contributed by atoms with van der Waals surface area (Å²) in [6.45, 7) is 3.72. The zero-order chi connectivity index (χ0) is 17.9. The van der Waals surface area contributed by atoms with E-state index in [0.29, 0.717) is 17.2 Å². The van der Waals surface area contributed by atoms with Crippen molar-refractivity contribution in [3.05, 3.63) is 23.8 Å². The van der Waals surface area contributed by atoms with Crippen molar-refractivity contribution >= 4 is 46.4 Å². The van der Waals surface area contributed by atoms with Gasteiger partial charge in [0.2, 0.25) is 0 Å². The third kappa shape index (κ3) is 4.54. The predicted molar refractivity (Wildman–Crippen MR) is 99.2 cm³/mol. The number of hydrogen-bond donors (Lipinski definition) is 1. The van der Waals surface area contributed by atoms with Crippen LogP contribution >= 0.6 is 23.2 Å². The van der Waals surface area contributed by atoms with Crippen LogP contribution in [0.1, 0.15) is 30.1 Å². The highest BCUT2D eigenvalue weighted by molar-refractivity contribution is 6.54. The Kier molecular flexibility index (Phi) is 6.35. The fourth-order valence-electron chi connectivity index (χ4n) is 2.75. The van der Waals surface area contributed by atoms with Gasteiger partial charge in [-0.3, -0.25) is 9.59 Å². The van der Waals surface area contributed by atoms with Crippen LogP contribution < -0.4 is 10.2 Å². The molecule has 1 fully saturated rings. The van der Waals surface area contributed by atoms with E-state index in [1.807, 2.05) is 30.0 Å².